The molecule has 106 valence electrons. The fraction of sp³-hybridized carbons (Fsp3) is 0.625. The van der Waals surface area contributed by atoms with Gasteiger partial charge in [-0.3, -0.25) is 0 Å². The number of hydrogen-bond donors (Lipinski definition) is 1. The van der Waals surface area contributed by atoms with Crippen LogP contribution in [0.25, 0.3) is 0 Å². The molecule has 0 amide bonds. The van der Waals surface area contributed by atoms with E-state index in [-0.39, 0.29) is 0 Å². The number of rotatable bonds is 5. The highest BCUT2D eigenvalue weighted by atomic mass is 15.1. The molecule has 3 nitrogen and oxygen atoms in total. The molecule has 1 aromatic rings. The van der Waals surface area contributed by atoms with Crippen LogP contribution < -0.4 is 15.5 Å². The molecule has 19 heavy (non-hydrogen) atoms. The lowest BCUT2D eigenvalue weighted by atomic mass is 10.1. The van der Waals surface area contributed by atoms with Crippen molar-refractivity contribution in [3.05, 3.63) is 24.3 Å². The average molecular weight is 261 g/mol. The quantitative estimate of drug-likeness (QED) is 0.884. The Labute approximate surface area is 117 Å². The molecular weight excluding hydrogens is 234 g/mol. The Morgan fingerprint density at radius 3 is 2.37 bits per heavy atom. The van der Waals surface area contributed by atoms with Crippen LogP contribution in [0, 0.1) is 5.92 Å². The smallest absolute Gasteiger partial charge is 0.0367 e. The normalized spacial score (nSPS) is 17.3. The van der Waals surface area contributed by atoms with Gasteiger partial charge in [-0.25, -0.2) is 0 Å². The molecular formula is C16H27N3. The van der Waals surface area contributed by atoms with Crippen LogP contribution in [0.15, 0.2) is 24.3 Å². The van der Waals surface area contributed by atoms with Crippen molar-refractivity contribution in [2.45, 2.75) is 26.2 Å². The summed E-state index contributed by atoms with van der Waals surface area (Å²) in [7, 11) is 2.14. The van der Waals surface area contributed by atoms with Gasteiger partial charge >= 0.3 is 0 Å². The summed E-state index contributed by atoms with van der Waals surface area (Å²) in [6, 6.07) is 8.97. The van der Waals surface area contributed by atoms with Crippen molar-refractivity contribution in [2.24, 2.45) is 11.7 Å². The Morgan fingerprint density at radius 1 is 1.16 bits per heavy atom. The van der Waals surface area contributed by atoms with Gasteiger partial charge in [-0.05, 0) is 56.0 Å². The van der Waals surface area contributed by atoms with Gasteiger partial charge in [0.15, 0.2) is 0 Å². The van der Waals surface area contributed by atoms with Crippen molar-refractivity contribution >= 4 is 11.4 Å². The summed E-state index contributed by atoms with van der Waals surface area (Å²) in [4.78, 5) is 4.79. The summed E-state index contributed by atoms with van der Waals surface area (Å²) in [6.45, 7) is 6.37. The van der Waals surface area contributed by atoms with E-state index in [9.17, 15) is 0 Å². The highest BCUT2D eigenvalue weighted by Gasteiger charge is 2.11. The van der Waals surface area contributed by atoms with Crippen molar-refractivity contribution in [1.29, 1.82) is 0 Å². The van der Waals surface area contributed by atoms with Crippen LogP contribution in [-0.4, -0.2) is 33.2 Å². The molecule has 2 N–H and O–H groups in total. The van der Waals surface area contributed by atoms with Crippen LogP contribution in [0.3, 0.4) is 0 Å². The van der Waals surface area contributed by atoms with Gasteiger partial charge in [0.1, 0.15) is 0 Å². The third kappa shape index (κ3) is 3.87. The van der Waals surface area contributed by atoms with E-state index in [4.69, 9.17) is 5.73 Å². The summed E-state index contributed by atoms with van der Waals surface area (Å²) in [5.41, 5.74) is 8.33. The van der Waals surface area contributed by atoms with E-state index in [1.807, 2.05) is 0 Å². The number of piperidine rings is 1. The van der Waals surface area contributed by atoms with E-state index in [1.165, 1.54) is 43.7 Å². The molecule has 1 aromatic carbocycles. The zero-order chi connectivity index (χ0) is 13.7. The van der Waals surface area contributed by atoms with Crippen molar-refractivity contribution in [3.63, 3.8) is 0 Å². The first-order valence-electron chi connectivity index (χ1n) is 7.47. The van der Waals surface area contributed by atoms with E-state index in [1.54, 1.807) is 0 Å². The number of hydrogen-bond acceptors (Lipinski definition) is 3. The molecule has 0 aromatic heterocycles. The predicted octanol–water partition coefficient (Wildman–Crippen LogP) is 2.71. The first-order valence-corrected chi connectivity index (χ1v) is 7.47. The summed E-state index contributed by atoms with van der Waals surface area (Å²) in [5.74, 6) is 0.534. The molecule has 1 heterocycles. The van der Waals surface area contributed by atoms with Gasteiger partial charge in [0.25, 0.3) is 0 Å². The molecule has 0 spiro atoms. The second-order valence-corrected chi connectivity index (χ2v) is 5.79. The van der Waals surface area contributed by atoms with E-state index >= 15 is 0 Å². The van der Waals surface area contributed by atoms with E-state index in [0.29, 0.717) is 5.92 Å². The predicted molar refractivity (Wildman–Crippen MR) is 84.0 cm³/mol. The maximum atomic E-state index is 5.69. The van der Waals surface area contributed by atoms with Crippen LogP contribution in [0.1, 0.15) is 26.2 Å². The topological polar surface area (TPSA) is 32.5 Å². The third-order valence-electron chi connectivity index (χ3n) is 4.00. The highest BCUT2D eigenvalue weighted by Crippen LogP contribution is 2.23. The number of benzene rings is 1. The van der Waals surface area contributed by atoms with Gasteiger partial charge in [0, 0.05) is 38.1 Å². The minimum absolute atomic E-state index is 0.534. The van der Waals surface area contributed by atoms with Crippen LogP contribution in [0.5, 0.6) is 0 Å². The molecule has 1 aliphatic rings. The Bertz CT molecular complexity index is 368. The van der Waals surface area contributed by atoms with Crippen LogP contribution in [-0.2, 0) is 0 Å². The van der Waals surface area contributed by atoms with Crippen molar-refractivity contribution < 1.29 is 0 Å². The van der Waals surface area contributed by atoms with Crippen molar-refractivity contribution in [1.82, 2.24) is 0 Å². The molecule has 3 heteroatoms. The molecule has 1 aliphatic heterocycles. The first kappa shape index (κ1) is 14.2. The molecule has 1 fully saturated rings. The molecule has 0 bridgehead atoms. The average Bonchev–Trinajstić information content (AvgIpc) is 2.48. The Kier molecular flexibility index (Phi) is 5.08. The minimum atomic E-state index is 0.534. The number of nitrogens with zero attached hydrogens (tertiary/aromatic N) is 2. The number of nitrogens with two attached hydrogens (primary N) is 1. The number of anilines is 2. The molecule has 1 atom stereocenters. The second kappa shape index (κ2) is 6.80. The van der Waals surface area contributed by atoms with Gasteiger partial charge in [-0.1, -0.05) is 6.92 Å². The van der Waals surface area contributed by atoms with Crippen LogP contribution in [0.2, 0.25) is 0 Å². The zero-order valence-corrected chi connectivity index (χ0v) is 12.3. The van der Waals surface area contributed by atoms with Crippen molar-refractivity contribution in [3.8, 4) is 0 Å². The minimum Gasteiger partial charge on any atom is -0.374 e. The summed E-state index contributed by atoms with van der Waals surface area (Å²) in [6.07, 6.45) is 4.04. The monoisotopic (exact) mass is 261 g/mol. The van der Waals surface area contributed by atoms with Gasteiger partial charge in [0.05, 0.1) is 0 Å². The van der Waals surface area contributed by atoms with Crippen LogP contribution >= 0.6 is 0 Å². The fourth-order valence-corrected chi connectivity index (χ4v) is 2.72. The van der Waals surface area contributed by atoms with E-state index in [0.717, 1.165) is 13.1 Å². The van der Waals surface area contributed by atoms with E-state index in [2.05, 4.69) is 48.0 Å². The van der Waals surface area contributed by atoms with Gasteiger partial charge in [0.2, 0.25) is 0 Å². The zero-order valence-electron chi connectivity index (χ0n) is 12.3. The fourth-order valence-electron chi connectivity index (χ4n) is 2.72. The summed E-state index contributed by atoms with van der Waals surface area (Å²) >= 11 is 0. The van der Waals surface area contributed by atoms with Crippen molar-refractivity contribution in [2.75, 3.05) is 43.0 Å². The molecule has 0 aliphatic carbocycles. The van der Waals surface area contributed by atoms with E-state index < -0.39 is 0 Å². The first-order chi connectivity index (χ1) is 9.20. The maximum absolute atomic E-state index is 5.69. The molecule has 2 rings (SSSR count). The SMILES string of the molecule is CC(CN)CN(C)c1ccc(N2CCCCC2)cc1. The Morgan fingerprint density at radius 2 is 1.79 bits per heavy atom. The molecule has 1 saturated heterocycles. The third-order valence-corrected chi connectivity index (χ3v) is 4.00. The lowest BCUT2D eigenvalue weighted by Gasteiger charge is -2.29. The molecule has 0 saturated carbocycles. The molecule has 0 radical (unpaired) electrons. The second-order valence-electron chi connectivity index (χ2n) is 5.79. The largest absolute Gasteiger partial charge is 0.374 e. The van der Waals surface area contributed by atoms with Gasteiger partial charge in [-0.15, -0.1) is 0 Å². The van der Waals surface area contributed by atoms with Crippen LogP contribution in [0.4, 0.5) is 11.4 Å². The summed E-state index contributed by atoms with van der Waals surface area (Å²) < 4.78 is 0. The van der Waals surface area contributed by atoms with Gasteiger partial charge < -0.3 is 15.5 Å². The molecule has 1 unspecified atom stereocenters. The lowest BCUT2D eigenvalue weighted by molar-refractivity contribution is 0.577. The Balaban J connectivity index is 1.97. The van der Waals surface area contributed by atoms with Gasteiger partial charge in [-0.2, -0.15) is 0 Å². The standard InChI is InChI=1S/C16H27N3/c1-14(12-17)13-18(2)15-6-8-16(9-7-15)19-10-4-3-5-11-19/h6-9,14H,3-5,10-13,17H2,1-2H3. The lowest BCUT2D eigenvalue weighted by Crippen LogP contribution is -2.30. The summed E-state index contributed by atoms with van der Waals surface area (Å²) in [5, 5.41) is 0. The Hall–Kier alpha value is -1.22. The highest BCUT2D eigenvalue weighted by molar-refractivity contribution is 5.56. The maximum Gasteiger partial charge on any atom is 0.0367 e.